The zero-order valence-electron chi connectivity index (χ0n) is 11.0. The van der Waals surface area contributed by atoms with Crippen LogP contribution >= 0.6 is 0 Å². The molecule has 1 aromatic rings. The highest BCUT2D eigenvalue weighted by molar-refractivity contribution is 5.72. The smallest absolute Gasteiger partial charge is 0.334 e. The largest absolute Gasteiger partial charge is 0.486 e. The first-order valence-corrected chi connectivity index (χ1v) is 6.67. The highest BCUT2D eigenvalue weighted by Gasteiger charge is 2.29. The molecule has 1 fully saturated rings. The van der Waals surface area contributed by atoms with Gasteiger partial charge in [0.1, 0.15) is 12.7 Å². The van der Waals surface area contributed by atoms with Crippen molar-refractivity contribution in [1.82, 2.24) is 4.90 Å². The van der Waals surface area contributed by atoms with Crippen molar-refractivity contribution >= 4 is 5.97 Å². The lowest BCUT2D eigenvalue weighted by Gasteiger charge is -2.35. The summed E-state index contributed by atoms with van der Waals surface area (Å²) >= 11 is 0. The number of ether oxygens (including phenoxy) is 3. The molecule has 2 aliphatic heterocycles. The van der Waals surface area contributed by atoms with E-state index in [1.54, 1.807) is 0 Å². The average molecular weight is 279 g/mol. The number of aliphatic carboxylic acids is 1. The van der Waals surface area contributed by atoms with Gasteiger partial charge in [-0.15, -0.1) is 0 Å². The van der Waals surface area contributed by atoms with Crippen molar-refractivity contribution in [3.63, 3.8) is 0 Å². The van der Waals surface area contributed by atoms with E-state index in [9.17, 15) is 4.79 Å². The summed E-state index contributed by atoms with van der Waals surface area (Å²) in [6.07, 6.45) is -0.835. The van der Waals surface area contributed by atoms with Crippen LogP contribution in [0.4, 0.5) is 0 Å². The maximum atomic E-state index is 10.9. The summed E-state index contributed by atoms with van der Waals surface area (Å²) < 4.78 is 16.7. The number of fused-ring (bicyclic) bond motifs is 1. The Labute approximate surface area is 116 Å². The van der Waals surface area contributed by atoms with Gasteiger partial charge in [-0.1, -0.05) is 12.1 Å². The van der Waals surface area contributed by atoms with Crippen LogP contribution in [0, 0.1) is 0 Å². The Morgan fingerprint density at radius 3 is 2.95 bits per heavy atom. The number of carboxylic acid groups (broad SMARTS) is 1. The second-order valence-electron chi connectivity index (χ2n) is 4.95. The molecule has 2 heterocycles. The predicted molar refractivity (Wildman–Crippen MR) is 70.2 cm³/mol. The fourth-order valence-corrected chi connectivity index (χ4v) is 2.46. The van der Waals surface area contributed by atoms with Gasteiger partial charge in [-0.3, -0.25) is 4.90 Å². The quantitative estimate of drug-likeness (QED) is 0.874. The SMILES string of the molecule is O=C(O)C1CN(CC2COc3ccccc3O2)CCO1. The Morgan fingerprint density at radius 2 is 2.15 bits per heavy atom. The number of rotatable bonds is 3. The van der Waals surface area contributed by atoms with Gasteiger partial charge in [0.25, 0.3) is 0 Å². The van der Waals surface area contributed by atoms with E-state index in [4.69, 9.17) is 19.3 Å². The number of benzene rings is 1. The summed E-state index contributed by atoms with van der Waals surface area (Å²) in [6, 6.07) is 7.56. The number of para-hydroxylation sites is 2. The van der Waals surface area contributed by atoms with E-state index < -0.39 is 12.1 Å². The molecule has 1 saturated heterocycles. The number of morpholine rings is 1. The van der Waals surface area contributed by atoms with Crippen LogP contribution in [-0.4, -0.2) is 61.0 Å². The fraction of sp³-hybridized carbons (Fsp3) is 0.500. The van der Waals surface area contributed by atoms with Crippen LogP contribution in [0.25, 0.3) is 0 Å². The molecule has 1 aromatic carbocycles. The number of nitrogens with zero attached hydrogens (tertiary/aromatic N) is 1. The number of hydrogen-bond acceptors (Lipinski definition) is 5. The molecule has 2 atom stereocenters. The molecule has 3 rings (SSSR count). The first-order chi connectivity index (χ1) is 9.72. The molecule has 0 aliphatic carbocycles. The molecule has 6 heteroatoms. The molecular weight excluding hydrogens is 262 g/mol. The second kappa shape index (κ2) is 5.68. The third-order valence-electron chi connectivity index (χ3n) is 3.46. The Bertz CT molecular complexity index is 492. The first kappa shape index (κ1) is 13.2. The van der Waals surface area contributed by atoms with Crippen LogP contribution in [-0.2, 0) is 9.53 Å². The van der Waals surface area contributed by atoms with Gasteiger partial charge < -0.3 is 19.3 Å². The summed E-state index contributed by atoms with van der Waals surface area (Å²) in [5.74, 6) is 0.585. The number of carboxylic acids is 1. The highest BCUT2D eigenvalue weighted by atomic mass is 16.6. The van der Waals surface area contributed by atoms with Crippen LogP contribution in [0.1, 0.15) is 0 Å². The molecule has 0 aromatic heterocycles. The Hall–Kier alpha value is -1.79. The van der Waals surface area contributed by atoms with Crippen molar-refractivity contribution in [2.24, 2.45) is 0 Å². The molecule has 0 saturated carbocycles. The minimum absolute atomic E-state index is 0.0857. The van der Waals surface area contributed by atoms with Crippen LogP contribution in [0.2, 0.25) is 0 Å². The van der Waals surface area contributed by atoms with E-state index in [1.807, 2.05) is 29.2 Å². The van der Waals surface area contributed by atoms with Gasteiger partial charge in [0, 0.05) is 19.6 Å². The van der Waals surface area contributed by atoms with Gasteiger partial charge in [-0.25, -0.2) is 4.79 Å². The standard InChI is InChI=1S/C14H17NO5/c16-14(17)13-8-15(5-6-18-13)7-10-9-19-11-3-1-2-4-12(11)20-10/h1-4,10,13H,5-9H2,(H,16,17). The van der Waals surface area contributed by atoms with Gasteiger partial charge in [0.05, 0.1) is 6.61 Å². The lowest BCUT2D eigenvalue weighted by molar-refractivity contribution is -0.156. The molecule has 2 aliphatic rings. The van der Waals surface area contributed by atoms with E-state index in [2.05, 4.69) is 0 Å². The summed E-state index contributed by atoms with van der Waals surface area (Å²) in [5, 5.41) is 8.98. The lowest BCUT2D eigenvalue weighted by atomic mass is 10.2. The molecule has 6 nitrogen and oxygen atoms in total. The molecule has 0 bridgehead atoms. The van der Waals surface area contributed by atoms with Crippen LogP contribution < -0.4 is 9.47 Å². The monoisotopic (exact) mass is 279 g/mol. The molecule has 0 spiro atoms. The summed E-state index contributed by atoms with van der Waals surface area (Å²) in [4.78, 5) is 13.0. The van der Waals surface area contributed by atoms with Gasteiger partial charge in [-0.2, -0.15) is 0 Å². The number of carbonyl (C=O) groups is 1. The maximum absolute atomic E-state index is 10.9. The highest BCUT2D eigenvalue weighted by Crippen LogP contribution is 2.31. The van der Waals surface area contributed by atoms with E-state index in [0.29, 0.717) is 32.8 Å². The Morgan fingerprint density at radius 1 is 1.35 bits per heavy atom. The minimum atomic E-state index is -0.916. The van der Waals surface area contributed by atoms with Crippen molar-refractivity contribution < 1.29 is 24.1 Å². The molecule has 20 heavy (non-hydrogen) atoms. The molecule has 0 amide bonds. The maximum Gasteiger partial charge on any atom is 0.334 e. The van der Waals surface area contributed by atoms with Crippen LogP contribution in [0.15, 0.2) is 24.3 Å². The molecule has 2 unspecified atom stereocenters. The zero-order chi connectivity index (χ0) is 13.9. The normalized spacial score (nSPS) is 26.2. The van der Waals surface area contributed by atoms with E-state index in [-0.39, 0.29) is 6.10 Å². The number of hydrogen-bond donors (Lipinski definition) is 1. The third-order valence-corrected chi connectivity index (χ3v) is 3.46. The molecule has 108 valence electrons. The Kier molecular flexibility index (Phi) is 3.75. The lowest BCUT2D eigenvalue weighted by Crippen LogP contribution is -2.50. The van der Waals surface area contributed by atoms with Gasteiger partial charge >= 0.3 is 5.97 Å². The second-order valence-corrected chi connectivity index (χ2v) is 4.95. The minimum Gasteiger partial charge on any atom is -0.486 e. The Balaban J connectivity index is 1.58. The van der Waals surface area contributed by atoms with E-state index in [0.717, 1.165) is 11.5 Å². The van der Waals surface area contributed by atoms with E-state index >= 15 is 0 Å². The van der Waals surface area contributed by atoms with Crippen molar-refractivity contribution in [2.75, 3.05) is 32.8 Å². The van der Waals surface area contributed by atoms with Crippen LogP contribution in [0.3, 0.4) is 0 Å². The first-order valence-electron chi connectivity index (χ1n) is 6.67. The molecule has 1 N–H and O–H groups in total. The summed E-state index contributed by atoms with van der Waals surface area (Å²) in [7, 11) is 0. The predicted octanol–water partition coefficient (Wildman–Crippen LogP) is 0.612. The van der Waals surface area contributed by atoms with Gasteiger partial charge in [-0.05, 0) is 12.1 Å². The molecular formula is C14H17NO5. The topological polar surface area (TPSA) is 68.2 Å². The summed E-state index contributed by atoms with van der Waals surface area (Å²) in [5.41, 5.74) is 0. The molecule has 0 radical (unpaired) electrons. The zero-order valence-corrected chi connectivity index (χ0v) is 11.0. The van der Waals surface area contributed by atoms with Gasteiger partial charge in [0.2, 0.25) is 0 Å². The van der Waals surface area contributed by atoms with Crippen molar-refractivity contribution in [1.29, 1.82) is 0 Å². The third kappa shape index (κ3) is 2.86. The fourth-order valence-electron chi connectivity index (χ4n) is 2.46. The van der Waals surface area contributed by atoms with E-state index in [1.165, 1.54) is 0 Å². The van der Waals surface area contributed by atoms with Crippen molar-refractivity contribution in [2.45, 2.75) is 12.2 Å². The van der Waals surface area contributed by atoms with Crippen molar-refractivity contribution in [3.05, 3.63) is 24.3 Å². The summed E-state index contributed by atoms with van der Waals surface area (Å²) in [6.45, 7) is 2.65. The van der Waals surface area contributed by atoms with Gasteiger partial charge in [0.15, 0.2) is 17.6 Å². The van der Waals surface area contributed by atoms with Crippen LogP contribution in [0.5, 0.6) is 11.5 Å². The van der Waals surface area contributed by atoms with Crippen molar-refractivity contribution in [3.8, 4) is 11.5 Å². The average Bonchev–Trinajstić information content (AvgIpc) is 2.47.